The van der Waals surface area contributed by atoms with E-state index in [1.54, 1.807) is 26.0 Å². The molecule has 3 aliphatic heterocycles. The van der Waals surface area contributed by atoms with Crippen LogP contribution >= 0.6 is 0 Å². The van der Waals surface area contributed by atoms with Crippen molar-refractivity contribution in [2.45, 2.75) is 18.9 Å². The van der Waals surface area contributed by atoms with Crippen LogP contribution in [0.15, 0.2) is 30.3 Å². The average molecular weight is 366 g/mol. The van der Waals surface area contributed by atoms with E-state index in [9.17, 15) is 13.2 Å². The Balaban J connectivity index is 1.80. The number of urea groups is 1. The molecule has 0 spiro atoms. The van der Waals surface area contributed by atoms with Gasteiger partial charge in [0.05, 0.1) is 0 Å². The van der Waals surface area contributed by atoms with Crippen molar-refractivity contribution in [3.8, 4) is 0 Å². The molecule has 2 bridgehead atoms. The van der Waals surface area contributed by atoms with Gasteiger partial charge in [-0.15, -0.1) is 0 Å². The van der Waals surface area contributed by atoms with Gasteiger partial charge in [0.2, 0.25) is 0 Å². The molecule has 3 heterocycles. The van der Waals surface area contributed by atoms with E-state index in [1.807, 2.05) is 35.2 Å². The van der Waals surface area contributed by atoms with Crippen LogP contribution in [0, 0.1) is 5.92 Å². The number of hydrogen-bond donors (Lipinski definition) is 0. The lowest BCUT2D eigenvalue weighted by Gasteiger charge is -2.38. The molecule has 0 N–H and O–H groups in total. The Morgan fingerprint density at radius 2 is 1.72 bits per heavy atom. The van der Waals surface area contributed by atoms with E-state index in [1.165, 1.54) is 8.61 Å². The number of amides is 2. The van der Waals surface area contributed by atoms with Gasteiger partial charge in [0, 0.05) is 52.5 Å². The van der Waals surface area contributed by atoms with Crippen LogP contribution < -0.4 is 4.90 Å². The summed E-state index contributed by atoms with van der Waals surface area (Å²) in [4.78, 5) is 16.5. The molecule has 1 aromatic rings. The number of carbonyl (C=O) groups is 1. The topological polar surface area (TPSA) is 64.2 Å². The van der Waals surface area contributed by atoms with Crippen LogP contribution in [0.4, 0.5) is 10.5 Å². The van der Waals surface area contributed by atoms with Crippen LogP contribution in [0.2, 0.25) is 0 Å². The third-order valence-electron chi connectivity index (χ3n) is 5.14. The van der Waals surface area contributed by atoms with Gasteiger partial charge >= 0.3 is 6.03 Å². The first-order valence-corrected chi connectivity index (χ1v) is 9.97. The van der Waals surface area contributed by atoms with Crippen molar-refractivity contribution in [1.29, 1.82) is 0 Å². The normalized spacial score (nSPS) is 24.4. The van der Waals surface area contributed by atoms with Crippen LogP contribution in [0.5, 0.6) is 0 Å². The summed E-state index contributed by atoms with van der Waals surface area (Å²) in [5, 5.41) is 0. The Morgan fingerprint density at radius 1 is 1.04 bits per heavy atom. The number of benzene rings is 1. The molecule has 2 atom stereocenters. The van der Waals surface area contributed by atoms with Crippen LogP contribution in [0.1, 0.15) is 12.8 Å². The molecule has 0 aliphatic carbocycles. The number of hydrogen-bond acceptors (Lipinski definition) is 3. The fourth-order valence-electron chi connectivity index (χ4n) is 3.65. The van der Waals surface area contributed by atoms with Crippen molar-refractivity contribution < 1.29 is 13.2 Å². The fourth-order valence-corrected chi connectivity index (χ4v) is 4.87. The molecule has 0 radical (unpaired) electrons. The van der Waals surface area contributed by atoms with Crippen molar-refractivity contribution in [2.75, 3.05) is 45.7 Å². The summed E-state index contributed by atoms with van der Waals surface area (Å²) in [6.07, 6.45) is 1.81. The first-order chi connectivity index (χ1) is 11.8. The standard InChI is InChI=1S/C17H26N4O3S/c1-18(2)25(23,24)20-11-14-9-10-16(13-20)21(12-14)17(22)19(3)15-7-5-4-6-8-15/h4-8,14,16H,9-13H2,1-3H3/t14-,16+/m0/s1. The molecule has 4 rings (SSSR count). The molecule has 3 aliphatic rings. The maximum Gasteiger partial charge on any atom is 0.324 e. The minimum Gasteiger partial charge on any atom is -0.320 e. The van der Waals surface area contributed by atoms with Gasteiger partial charge in [-0.3, -0.25) is 4.90 Å². The molecular weight excluding hydrogens is 340 g/mol. The highest BCUT2D eigenvalue weighted by Crippen LogP contribution is 2.31. The first-order valence-electron chi connectivity index (χ1n) is 8.57. The van der Waals surface area contributed by atoms with Gasteiger partial charge in [-0.1, -0.05) is 18.2 Å². The summed E-state index contributed by atoms with van der Waals surface area (Å²) < 4.78 is 27.8. The molecular formula is C17H26N4O3S. The van der Waals surface area contributed by atoms with Gasteiger partial charge in [0.25, 0.3) is 10.2 Å². The number of piperidine rings is 1. The Kier molecular flexibility index (Phi) is 5.04. The largest absolute Gasteiger partial charge is 0.324 e. The summed E-state index contributed by atoms with van der Waals surface area (Å²) in [6, 6.07) is 9.38. The zero-order valence-electron chi connectivity index (χ0n) is 15.0. The number of rotatable bonds is 3. The summed E-state index contributed by atoms with van der Waals surface area (Å²) in [7, 11) is 1.41. The Hall–Kier alpha value is -1.64. The van der Waals surface area contributed by atoms with E-state index >= 15 is 0 Å². The SMILES string of the molecule is CN(C(=O)N1C[C@H]2CC[C@@H]1CN(S(=O)(=O)N(C)C)C2)c1ccccc1. The lowest BCUT2D eigenvalue weighted by atomic mass is 9.95. The second kappa shape index (κ2) is 6.93. The van der Waals surface area contributed by atoms with E-state index < -0.39 is 10.2 Å². The molecule has 0 unspecified atom stereocenters. The average Bonchev–Trinajstić information content (AvgIpc) is 2.93. The Bertz CT molecular complexity index is 723. The number of fused-ring (bicyclic) bond motifs is 4. The maximum atomic E-state index is 13.0. The van der Waals surface area contributed by atoms with Crippen molar-refractivity contribution in [2.24, 2.45) is 5.92 Å². The predicted molar refractivity (Wildman–Crippen MR) is 97.6 cm³/mol. The summed E-state index contributed by atoms with van der Waals surface area (Å²) in [5.41, 5.74) is 0.838. The van der Waals surface area contributed by atoms with Gasteiger partial charge in [-0.25, -0.2) is 4.79 Å². The number of anilines is 1. The van der Waals surface area contributed by atoms with E-state index in [0.717, 1.165) is 18.5 Å². The zero-order valence-corrected chi connectivity index (χ0v) is 15.8. The van der Waals surface area contributed by atoms with Crippen molar-refractivity contribution in [3.63, 3.8) is 0 Å². The molecule has 3 fully saturated rings. The van der Waals surface area contributed by atoms with Gasteiger partial charge in [-0.05, 0) is 30.9 Å². The van der Waals surface area contributed by atoms with Gasteiger partial charge < -0.3 is 4.90 Å². The van der Waals surface area contributed by atoms with E-state index in [0.29, 0.717) is 19.6 Å². The lowest BCUT2D eigenvalue weighted by molar-refractivity contribution is 0.148. The molecule has 0 aromatic heterocycles. The highest BCUT2D eigenvalue weighted by Gasteiger charge is 2.42. The van der Waals surface area contributed by atoms with E-state index in [4.69, 9.17) is 0 Å². The number of nitrogens with zero attached hydrogens (tertiary/aromatic N) is 4. The first kappa shape index (κ1) is 18.2. The molecule has 1 aromatic carbocycles. The highest BCUT2D eigenvalue weighted by molar-refractivity contribution is 7.86. The summed E-state index contributed by atoms with van der Waals surface area (Å²) in [6.45, 7) is 1.46. The predicted octanol–water partition coefficient (Wildman–Crippen LogP) is 1.45. The van der Waals surface area contributed by atoms with Gasteiger partial charge in [-0.2, -0.15) is 17.0 Å². The lowest BCUT2D eigenvalue weighted by Crippen LogP contribution is -2.52. The van der Waals surface area contributed by atoms with Crippen LogP contribution in [0.25, 0.3) is 0 Å². The van der Waals surface area contributed by atoms with Crippen LogP contribution in [-0.4, -0.2) is 74.8 Å². The van der Waals surface area contributed by atoms with Crippen LogP contribution in [0.3, 0.4) is 0 Å². The molecule has 3 saturated heterocycles. The molecule has 138 valence electrons. The minimum absolute atomic E-state index is 0.0648. The second-order valence-electron chi connectivity index (χ2n) is 7.03. The molecule has 0 saturated carbocycles. The summed E-state index contributed by atoms with van der Waals surface area (Å²) in [5.74, 6) is 0.182. The molecule has 25 heavy (non-hydrogen) atoms. The third-order valence-corrected chi connectivity index (χ3v) is 7.02. The smallest absolute Gasteiger partial charge is 0.320 e. The molecule has 7 nitrogen and oxygen atoms in total. The third kappa shape index (κ3) is 3.51. The Morgan fingerprint density at radius 3 is 2.36 bits per heavy atom. The highest BCUT2D eigenvalue weighted by atomic mass is 32.2. The second-order valence-corrected chi connectivity index (χ2v) is 9.18. The van der Waals surface area contributed by atoms with Gasteiger partial charge in [0.15, 0.2) is 0 Å². The molecule has 8 heteroatoms. The minimum atomic E-state index is -3.46. The van der Waals surface area contributed by atoms with Crippen molar-refractivity contribution >= 4 is 21.9 Å². The van der Waals surface area contributed by atoms with Crippen molar-refractivity contribution in [3.05, 3.63) is 30.3 Å². The van der Waals surface area contributed by atoms with Crippen molar-refractivity contribution in [1.82, 2.24) is 13.5 Å². The summed E-state index contributed by atoms with van der Waals surface area (Å²) >= 11 is 0. The zero-order chi connectivity index (χ0) is 18.2. The number of para-hydroxylation sites is 1. The quantitative estimate of drug-likeness (QED) is 0.813. The van der Waals surface area contributed by atoms with E-state index in [-0.39, 0.29) is 18.0 Å². The molecule has 2 amide bonds. The van der Waals surface area contributed by atoms with Crippen LogP contribution in [-0.2, 0) is 10.2 Å². The Labute approximate surface area is 150 Å². The van der Waals surface area contributed by atoms with E-state index in [2.05, 4.69) is 0 Å². The maximum absolute atomic E-state index is 13.0. The fraction of sp³-hybridized carbons (Fsp3) is 0.588. The van der Waals surface area contributed by atoms with Gasteiger partial charge in [0.1, 0.15) is 0 Å². The number of carbonyl (C=O) groups excluding carboxylic acids is 1. The monoisotopic (exact) mass is 366 g/mol.